The first-order valence-corrected chi connectivity index (χ1v) is 11.6. The van der Waals surface area contributed by atoms with E-state index in [4.69, 9.17) is 0 Å². The molecule has 6 heteroatoms. The minimum absolute atomic E-state index is 0.0292. The van der Waals surface area contributed by atoms with Crippen LogP contribution in [0.25, 0.3) is 0 Å². The zero-order valence-corrected chi connectivity index (χ0v) is 18.5. The van der Waals surface area contributed by atoms with Crippen molar-refractivity contribution in [1.29, 1.82) is 0 Å². The van der Waals surface area contributed by atoms with Gasteiger partial charge in [-0.2, -0.15) is 0 Å². The van der Waals surface area contributed by atoms with Crippen LogP contribution in [0.3, 0.4) is 0 Å². The van der Waals surface area contributed by atoms with Crippen molar-refractivity contribution < 1.29 is 4.79 Å². The van der Waals surface area contributed by atoms with Crippen LogP contribution in [0.5, 0.6) is 0 Å². The lowest BCUT2D eigenvalue weighted by molar-refractivity contribution is 0.0951. The summed E-state index contributed by atoms with van der Waals surface area (Å²) in [4.78, 5) is 14.9. The molecule has 31 heavy (non-hydrogen) atoms. The second-order valence-corrected chi connectivity index (χ2v) is 8.10. The SMILES string of the molecule is O=C(NCc1ccccc1)c1ccc(CN2CCCNCCNCCCNCC2)cc1. The Morgan fingerprint density at radius 2 is 1.42 bits per heavy atom. The maximum Gasteiger partial charge on any atom is 0.251 e. The van der Waals surface area contributed by atoms with Crippen molar-refractivity contribution in [2.75, 3.05) is 52.4 Å². The van der Waals surface area contributed by atoms with Crippen molar-refractivity contribution in [3.8, 4) is 0 Å². The predicted octanol–water partition coefficient (Wildman–Crippen LogP) is 1.98. The van der Waals surface area contributed by atoms with E-state index in [2.05, 4.69) is 38.3 Å². The Morgan fingerprint density at radius 3 is 2.16 bits per heavy atom. The molecular weight excluding hydrogens is 386 g/mol. The van der Waals surface area contributed by atoms with Gasteiger partial charge in [-0.3, -0.25) is 9.69 Å². The highest BCUT2D eigenvalue weighted by Gasteiger charge is 2.09. The molecule has 0 bridgehead atoms. The topological polar surface area (TPSA) is 68.4 Å². The zero-order chi connectivity index (χ0) is 21.6. The second kappa shape index (κ2) is 13.9. The molecule has 0 atom stereocenters. The molecule has 1 aliphatic heterocycles. The molecule has 1 saturated heterocycles. The molecule has 4 N–H and O–H groups in total. The fraction of sp³-hybridized carbons (Fsp3) is 0.480. The fourth-order valence-corrected chi connectivity index (χ4v) is 3.72. The molecule has 1 amide bonds. The Hall–Kier alpha value is -2.25. The lowest BCUT2D eigenvalue weighted by atomic mass is 10.1. The van der Waals surface area contributed by atoms with E-state index in [0.717, 1.165) is 77.3 Å². The number of hydrogen-bond acceptors (Lipinski definition) is 5. The van der Waals surface area contributed by atoms with E-state index >= 15 is 0 Å². The van der Waals surface area contributed by atoms with Gasteiger partial charge in [-0.05, 0) is 62.3 Å². The third-order valence-electron chi connectivity index (χ3n) is 5.54. The first kappa shape index (κ1) is 23.4. The van der Waals surface area contributed by atoms with Crippen molar-refractivity contribution in [3.05, 3.63) is 71.3 Å². The maximum absolute atomic E-state index is 12.4. The number of carbonyl (C=O) groups is 1. The number of hydrogen-bond donors (Lipinski definition) is 4. The highest BCUT2D eigenvalue weighted by atomic mass is 16.1. The third kappa shape index (κ3) is 9.19. The van der Waals surface area contributed by atoms with Gasteiger partial charge in [0.1, 0.15) is 0 Å². The van der Waals surface area contributed by atoms with Gasteiger partial charge in [-0.15, -0.1) is 0 Å². The van der Waals surface area contributed by atoms with E-state index in [9.17, 15) is 4.79 Å². The maximum atomic E-state index is 12.4. The molecule has 0 aliphatic carbocycles. The fourth-order valence-electron chi connectivity index (χ4n) is 3.72. The minimum atomic E-state index is -0.0292. The zero-order valence-electron chi connectivity index (χ0n) is 18.5. The number of benzene rings is 2. The Bertz CT molecular complexity index is 736. The lowest BCUT2D eigenvalue weighted by Crippen LogP contribution is -2.36. The van der Waals surface area contributed by atoms with Crippen LogP contribution in [0.1, 0.15) is 34.3 Å². The van der Waals surface area contributed by atoms with E-state index in [1.807, 2.05) is 42.5 Å². The third-order valence-corrected chi connectivity index (χ3v) is 5.54. The summed E-state index contributed by atoms with van der Waals surface area (Å²) in [5.74, 6) is -0.0292. The average molecular weight is 424 g/mol. The summed E-state index contributed by atoms with van der Waals surface area (Å²) in [7, 11) is 0. The first-order chi connectivity index (χ1) is 15.3. The van der Waals surface area contributed by atoms with E-state index in [1.165, 1.54) is 5.56 Å². The summed E-state index contributed by atoms with van der Waals surface area (Å²) in [6.07, 6.45) is 2.30. The predicted molar refractivity (Wildman–Crippen MR) is 127 cm³/mol. The van der Waals surface area contributed by atoms with Crippen LogP contribution < -0.4 is 21.3 Å². The van der Waals surface area contributed by atoms with Crippen molar-refractivity contribution in [2.24, 2.45) is 0 Å². The molecule has 0 aromatic heterocycles. The molecule has 0 saturated carbocycles. The van der Waals surface area contributed by atoms with Gasteiger partial charge >= 0.3 is 0 Å². The van der Waals surface area contributed by atoms with E-state index in [0.29, 0.717) is 12.1 Å². The van der Waals surface area contributed by atoms with Crippen LogP contribution in [0.15, 0.2) is 54.6 Å². The van der Waals surface area contributed by atoms with E-state index in [1.54, 1.807) is 0 Å². The van der Waals surface area contributed by atoms with Crippen LogP contribution in [0.2, 0.25) is 0 Å². The van der Waals surface area contributed by atoms with E-state index in [-0.39, 0.29) is 5.91 Å². The molecule has 0 unspecified atom stereocenters. The van der Waals surface area contributed by atoms with Crippen molar-refractivity contribution in [3.63, 3.8) is 0 Å². The van der Waals surface area contributed by atoms with Gasteiger partial charge in [0, 0.05) is 44.8 Å². The molecule has 168 valence electrons. The van der Waals surface area contributed by atoms with E-state index < -0.39 is 0 Å². The number of rotatable bonds is 5. The summed E-state index contributed by atoms with van der Waals surface area (Å²) in [5, 5.41) is 13.5. The summed E-state index contributed by atoms with van der Waals surface area (Å²) in [6.45, 7) is 9.82. The Balaban J connectivity index is 1.48. The molecule has 6 nitrogen and oxygen atoms in total. The Morgan fingerprint density at radius 1 is 0.742 bits per heavy atom. The van der Waals surface area contributed by atoms with Crippen molar-refractivity contribution in [1.82, 2.24) is 26.2 Å². The van der Waals surface area contributed by atoms with Gasteiger partial charge in [-0.1, -0.05) is 42.5 Å². The molecular formula is C25H37N5O. The molecule has 0 spiro atoms. The standard InChI is InChI=1S/C25H37N5O/c31-25(29-20-22-6-2-1-3-7-22)24-10-8-23(9-11-24)21-30-18-5-14-27-16-15-26-12-4-13-28-17-19-30/h1-3,6-11,26-28H,4-5,12-21H2,(H,29,31). The van der Waals surface area contributed by atoms with Gasteiger partial charge in [0.25, 0.3) is 5.91 Å². The van der Waals surface area contributed by atoms with Gasteiger partial charge in [-0.25, -0.2) is 0 Å². The highest BCUT2D eigenvalue weighted by molar-refractivity contribution is 5.94. The lowest BCUT2D eigenvalue weighted by Gasteiger charge is -2.23. The Kier molecular flexibility index (Phi) is 10.5. The van der Waals surface area contributed by atoms with Crippen LogP contribution in [0, 0.1) is 0 Å². The molecule has 3 rings (SSSR count). The number of nitrogens with zero attached hydrogens (tertiary/aromatic N) is 1. The van der Waals surface area contributed by atoms with Crippen molar-refractivity contribution >= 4 is 5.91 Å². The molecule has 2 aromatic carbocycles. The average Bonchev–Trinajstić information content (AvgIpc) is 2.81. The minimum Gasteiger partial charge on any atom is -0.348 e. The monoisotopic (exact) mass is 423 g/mol. The van der Waals surface area contributed by atoms with Crippen LogP contribution in [-0.4, -0.2) is 63.2 Å². The molecule has 1 fully saturated rings. The van der Waals surface area contributed by atoms with Crippen LogP contribution in [-0.2, 0) is 13.1 Å². The largest absolute Gasteiger partial charge is 0.348 e. The second-order valence-electron chi connectivity index (χ2n) is 8.10. The number of nitrogens with one attached hydrogen (secondary N) is 4. The van der Waals surface area contributed by atoms with Gasteiger partial charge in [0.05, 0.1) is 0 Å². The quantitative estimate of drug-likeness (QED) is 0.592. The summed E-state index contributed by atoms with van der Waals surface area (Å²) in [6, 6.07) is 18.0. The molecule has 2 aromatic rings. The smallest absolute Gasteiger partial charge is 0.251 e. The molecule has 1 heterocycles. The van der Waals surface area contributed by atoms with Crippen molar-refractivity contribution in [2.45, 2.75) is 25.9 Å². The van der Waals surface area contributed by atoms with Crippen LogP contribution >= 0.6 is 0 Å². The molecule has 0 radical (unpaired) electrons. The van der Waals surface area contributed by atoms with Crippen LogP contribution in [0.4, 0.5) is 0 Å². The summed E-state index contributed by atoms with van der Waals surface area (Å²) < 4.78 is 0. The van der Waals surface area contributed by atoms with Gasteiger partial charge in [0.15, 0.2) is 0 Å². The normalized spacial score (nSPS) is 17.5. The highest BCUT2D eigenvalue weighted by Crippen LogP contribution is 2.09. The van der Waals surface area contributed by atoms with Gasteiger partial charge in [0.2, 0.25) is 0 Å². The first-order valence-electron chi connectivity index (χ1n) is 11.6. The summed E-state index contributed by atoms with van der Waals surface area (Å²) in [5.41, 5.74) is 3.06. The number of amides is 1. The van der Waals surface area contributed by atoms with Gasteiger partial charge < -0.3 is 21.3 Å². The number of carbonyl (C=O) groups excluding carboxylic acids is 1. The Labute approximate surface area is 186 Å². The molecule has 1 aliphatic rings. The summed E-state index contributed by atoms with van der Waals surface area (Å²) >= 11 is 0.